The molecule has 1 aliphatic rings. The third-order valence-corrected chi connectivity index (χ3v) is 7.07. The predicted molar refractivity (Wildman–Crippen MR) is 123 cm³/mol. The van der Waals surface area contributed by atoms with Gasteiger partial charge in [0.2, 0.25) is 5.91 Å². The van der Waals surface area contributed by atoms with Crippen molar-refractivity contribution in [3.05, 3.63) is 85.3 Å². The zero-order chi connectivity index (χ0) is 22.1. The minimum atomic E-state index is -3.98. The molecule has 8 heteroatoms. The molecular weight excluding hydrogens is 424 g/mol. The van der Waals surface area contributed by atoms with E-state index in [-0.39, 0.29) is 22.5 Å². The van der Waals surface area contributed by atoms with Crippen LogP contribution in [0.25, 0.3) is 10.8 Å². The summed E-state index contributed by atoms with van der Waals surface area (Å²) in [4.78, 5) is 20.5. The predicted octanol–water partition coefficient (Wildman–Crippen LogP) is 4.51. The van der Waals surface area contributed by atoms with Crippen molar-refractivity contribution in [1.82, 2.24) is 9.97 Å². The number of amides is 1. The number of rotatable bonds is 6. The molecule has 2 aromatic heterocycles. The van der Waals surface area contributed by atoms with Gasteiger partial charge < -0.3 is 5.32 Å². The number of benzene rings is 2. The zero-order valence-corrected chi connectivity index (χ0v) is 17.9. The average molecular weight is 445 g/mol. The molecule has 5 rings (SSSR count). The van der Waals surface area contributed by atoms with E-state index >= 15 is 0 Å². The standard InChI is InChI=1S/C24H20N4O3S/c29-24(17-4-5-17)27-20-7-10-22(11-8-20)32(30,31)28(23-3-1-2-13-26-23)21-9-6-19-16-25-14-12-18(19)15-21/h1-3,6-17H,4-5H2,(H,27,29). The molecule has 2 heterocycles. The highest BCUT2D eigenvalue weighted by Crippen LogP contribution is 2.34. The van der Waals surface area contributed by atoms with Crippen molar-refractivity contribution in [2.24, 2.45) is 5.92 Å². The van der Waals surface area contributed by atoms with Gasteiger partial charge in [0, 0.05) is 35.6 Å². The van der Waals surface area contributed by atoms with Gasteiger partial charge in [0.25, 0.3) is 10.0 Å². The number of nitrogens with one attached hydrogen (secondary N) is 1. The summed E-state index contributed by atoms with van der Waals surface area (Å²) in [5, 5.41) is 4.60. The van der Waals surface area contributed by atoms with Gasteiger partial charge in [0.15, 0.2) is 0 Å². The van der Waals surface area contributed by atoms with Crippen LogP contribution in [0.3, 0.4) is 0 Å². The first-order valence-electron chi connectivity index (χ1n) is 10.2. The number of carbonyl (C=O) groups excluding carboxylic acids is 1. The Morgan fingerprint density at radius 3 is 2.47 bits per heavy atom. The van der Waals surface area contributed by atoms with E-state index in [4.69, 9.17) is 0 Å². The Hall–Kier alpha value is -3.78. The van der Waals surface area contributed by atoms with Gasteiger partial charge in [-0.2, -0.15) is 0 Å². The smallest absolute Gasteiger partial charge is 0.269 e. The molecule has 1 N–H and O–H groups in total. The Morgan fingerprint density at radius 2 is 1.75 bits per heavy atom. The van der Waals surface area contributed by atoms with Crippen molar-refractivity contribution in [3.63, 3.8) is 0 Å². The highest BCUT2D eigenvalue weighted by Gasteiger charge is 2.30. The van der Waals surface area contributed by atoms with Gasteiger partial charge in [0.1, 0.15) is 5.82 Å². The van der Waals surface area contributed by atoms with Gasteiger partial charge in [-0.15, -0.1) is 0 Å². The van der Waals surface area contributed by atoms with Crippen molar-refractivity contribution in [2.75, 3.05) is 9.62 Å². The third kappa shape index (κ3) is 3.92. The van der Waals surface area contributed by atoms with E-state index in [1.807, 2.05) is 12.1 Å². The first-order valence-corrected chi connectivity index (χ1v) is 11.7. The van der Waals surface area contributed by atoms with E-state index in [1.54, 1.807) is 61.1 Å². The van der Waals surface area contributed by atoms with Crippen LogP contribution < -0.4 is 9.62 Å². The summed E-state index contributed by atoms with van der Waals surface area (Å²) in [6, 6.07) is 18.5. The minimum Gasteiger partial charge on any atom is -0.326 e. The molecule has 0 bridgehead atoms. The Morgan fingerprint density at radius 1 is 0.938 bits per heavy atom. The second-order valence-electron chi connectivity index (χ2n) is 7.65. The van der Waals surface area contributed by atoms with Gasteiger partial charge in [0.05, 0.1) is 10.6 Å². The Kier molecular flexibility index (Phi) is 5.07. The maximum Gasteiger partial charge on any atom is 0.269 e. The summed E-state index contributed by atoms with van der Waals surface area (Å²) < 4.78 is 28.6. The van der Waals surface area contributed by atoms with Gasteiger partial charge in [-0.25, -0.2) is 17.7 Å². The summed E-state index contributed by atoms with van der Waals surface area (Å²) in [7, 11) is -3.98. The highest BCUT2D eigenvalue weighted by atomic mass is 32.2. The van der Waals surface area contributed by atoms with Crippen LogP contribution in [0.15, 0.2) is 90.2 Å². The fraction of sp³-hybridized carbons (Fsp3) is 0.125. The number of nitrogens with zero attached hydrogens (tertiary/aromatic N) is 3. The van der Waals surface area contributed by atoms with E-state index in [0.717, 1.165) is 23.6 Å². The normalized spacial score (nSPS) is 13.6. The summed E-state index contributed by atoms with van der Waals surface area (Å²) in [6.45, 7) is 0. The molecule has 1 saturated carbocycles. The monoisotopic (exact) mass is 444 g/mol. The van der Waals surface area contributed by atoms with Crippen LogP contribution in [0.1, 0.15) is 12.8 Å². The van der Waals surface area contributed by atoms with Crippen LogP contribution in [0.2, 0.25) is 0 Å². The average Bonchev–Trinajstić information content (AvgIpc) is 3.66. The number of sulfonamides is 1. The van der Waals surface area contributed by atoms with E-state index in [9.17, 15) is 13.2 Å². The van der Waals surface area contributed by atoms with Crippen LogP contribution in [0.4, 0.5) is 17.2 Å². The maximum atomic E-state index is 13.7. The summed E-state index contributed by atoms with van der Waals surface area (Å²) in [5.74, 6) is 0.328. The largest absolute Gasteiger partial charge is 0.326 e. The van der Waals surface area contributed by atoms with Crippen molar-refractivity contribution < 1.29 is 13.2 Å². The fourth-order valence-electron chi connectivity index (χ4n) is 3.47. The topological polar surface area (TPSA) is 92.3 Å². The lowest BCUT2D eigenvalue weighted by atomic mass is 10.1. The number of aromatic nitrogens is 2. The van der Waals surface area contributed by atoms with Gasteiger partial charge in [-0.3, -0.25) is 9.78 Å². The Labute approximate surface area is 185 Å². The second kappa shape index (κ2) is 8.05. The van der Waals surface area contributed by atoms with Gasteiger partial charge in [-0.1, -0.05) is 12.1 Å². The lowest BCUT2D eigenvalue weighted by Crippen LogP contribution is -2.27. The number of carbonyl (C=O) groups is 1. The molecule has 0 saturated heterocycles. The lowest BCUT2D eigenvalue weighted by molar-refractivity contribution is -0.117. The number of hydrogen-bond acceptors (Lipinski definition) is 5. The number of hydrogen-bond donors (Lipinski definition) is 1. The summed E-state index contributed by atoms with van der Waals surface area (Å²) in [6.07, 6.45) is 6.76. The second-order valence-corrected chi connectivity index (χ2v) is 9.44. The molecule has 32 heavy (non-hydrogen) atoms. The Bertz CT molecular complexity index is 1390. The first kappa shape index (κ1) is 20.1. The van der Waals surface area contributed by atoms with E-state index < -0.39 is 10.0 Å². The Balaban J connectivity index is 1.54. The first-order chi connectivity index (χ1) is 15.5. The van der Waals surface area contributed by atoms with Crippen LogP contribution in [0.5, 0.6) is 0 Å². The number of anilines is 3. The summed E-state index contributed by atoms with van der Waals surface area (Å²) in [5.41, 5.74) is 1.04. The van der Waals surface area contributed by atoms with Crippen LogP contribution in [-0.4, -0.2) is 24.3 Å². The highest BCUT2D eigenvalue weighted by molar-refractivity contribution is 7.93. The van der Waals surface area contributed by atoms with Crippen molar-refractivity contribution in [3.8, 4) is 0 Å². The molecule has 0 spiro atoms. The van der Waals surface area contributed by atoms with Crippen molar-refractivity contribution in [2.45, 2.75) is 17.7 Å². The summed E-state index contributed by atoms with van der Waals surface area (Å²) >= 11 is 0. The molecule has 0 atom stereocenters. The molecule has 1 amide bonds. The minimum absolute atomic E-state index is 0.0265. The molecule has 2 aromatic carbocycles. The molecule has 4 aromatic rings. The van der Waals surface area contributed by atoms with Crippen LogP contribution in [-0.2, 0) is 14.8 Å². The molecule has 160 valence electrons. The maximum absolute atomic E-state index is 13.7. The van der Waals surface area contributed by atoms with Crippen LogP contribution >= 0.6 is 0 Å². The molecule has 0 radical (unpaired) electrons. The molecule has 0 aliphatic heterocycles. The SMILES string of the molecule is O=C(Nc1ccc(S(=O)(=O)N(c2ccc3cnccc3c2)c2ccccn2)cc1)C1CC1. The van der Waals surface area contributed by atoms with Gasteiger partial charge in [-0.05, 0) is 72.8 Å². The van der Waals surface area contributed by atoms with E-state index in [1.165, 1.54) is 16.4 Å². The quantitative estimate of drug-likeness (QED) is 0.473. The third-order valence-electron chi connectivity index (χ3n) is 5.32. The fourth-order valence-corrected chi connectivity index (χ4v) is 4.91. The van der Waals surface area contributed by atoms with Crippen LogP contribution in [0, 0.1) is 5.92 Å². The molecular formula is C24H20N4O3S. The molecule has 7 nitrogen and oxygen atoms in total. The lowest BCUT2D eigenvalue weighted by Gasteiger charge is -2.24. The number of pyridine rings is 2. The van der Waals surface area contributed by atoms with E-state index in [2.05, 4.69) is 15.3 Å². The molecule has 0 unspecified atom stereocenters. The van der Waals surface area contributed by atoms with Crippen molar-refractivity contribution >= 4 is 43.9 Å². The van der Waals surface area contributed by atoms with Gasteiger partial charge >= 0.3 is 0 Å². The molecule has 1 aliphatic carbocycles. The van der Waals surface area contributed by atoms with E-state index in [0.29, 0.717) is 11.4 Å². The van der Waals surface area contributed by atoms with Crippen molar-refractivity contribution in [1.29, 1.82) is 0 Å². The molecule has 1 fully saturated rings. The number of fused-ring (bicyclic) bond motifs is 1. The zero-order valence-electron chi connectivity index (χ0n) is 17.0.